The van der Waals surface area contributed by atoms with E-state index in [4.69, 9.17) is 11.6 Å². The molecule has 0 aliphatic carbocycles. The lowest BCUT2D eigenvalue weighted by Gasteiger charge is -2.05. The summed E-state index contributed by atoms with van der Waals surface area (Å²) in [7, 11) is 0. The minimum absolute atomic E-state index is 0.276. The van der Waals surface area contributed by atoms with Crippen LogP contribution in [0.4, 0.5) is 4.39 Å². The zero-order chi connectivity index (χ0) is 14.3. The number of alkyl halides is 1. The lowest BCUT2D eigenvalue weighted by atomic mass is 10.3. The van der Waals surface area contributed by atoms with Crippen molar-refractivity contribution in [2.24, 2.45) is 0 Å². The molecule has 0 aliphatic rings. The van der Waals surface area contributed by atoms with Crippen LogP contribution in [0.3, 0.4) is 0 Å². The van der Waals surface area contributed by atoms with E-state index in [2.05, 4.69) is 25.9 Å². The summed E-state index contributed by atoms with van der Waals surface area (Å²) in [5.41, 5.74) is 1.46. The van der Waals surface area contributed by atoms with E-state index < -0.39 is 0 Å². The van der Waals surface area contributed by atoms with E-state index in [0.717, 1.165) is 15.4 Å². The van der Waals surface area contributed by atoms with Crippen molar-refractivity contribution >= 4 is 49.9 Å². The number of nitrogens with zero attached hydrogens (tertiary/aromatic N) is 3. The van der Waals surface area contributed by atoms with Crippen LogP contribution in [-0.2, 0) is 12.4 Å². The molecule has 0 unspecified atom stereocenters. The van der Waals surface area contributed by atoms with Crippen molar-refractivity contribution in [1.29, 1.82) is 0 Å². The third kappa shape index (κ3) is 2.47. The quantitative estimate of drug-likeness (QED) is 0.632. The van der Waals surface area contributed by atoms with Crippen molar-refractivity contribution in [2.45, 2.75) is 19.3 Å². The van der Waals surface area contributed by atoms with Crippen molar-refractivity contribution in [3.8, 4) is 0 Å². The van der Waals surface area contributed by atoms with Gasteiger partial charge < -0.3 is 4.57 Å². The van der Waals surface area contributed by atoms with Gasteiger partial charge in [0.25, 0.3) is 0 Å². The molecular weight excluding hydrogens is 365 g/mol. The van der Waals surface area contributed by atoms with Gasteiger partial charge in [-0.2, -0.15) is 0 Å². The second kappa shape index (κ2) is 5.42. The second-order valence-electron chi connectivity index (χ2n) is 4.37. The predicted octanol–water partition coefficient (Wildman–Crippen LogP) is 4.49. The molecule has 1 aromatic carbocycles. The maximum Gasteiger partial charge on any atom is 0.139 e. The molecule has 0 saturated carbocycles. The SMILES string of the molecule is Cc1cnc(Cn2c(CCl)nc3cc(F)c(Br)cc32)s1. The van der Waals surface area contributed by atoms with E-state index in [1.807, 2.05) is 17.7 Å². The molecule has 2 aromatic heterocycles. The van der Waals surface area contributed by atoms with Crippen LogP contribution < -0.4 is 0 Å². The Balaban J connectivity index is 2.14. The molecule has 0 N–H and O–H groups in total. The van der Waals surface area contributed by atoms with Crippen LogP contribution in [0.5, 0.6) is 0 Å². The number of thiazole rings is 1. The van der Waals surface area contributed by atoms with Crippen LogP contribution in [0.25, 0.3) is 11.0 Å². The average Bonchev–Trinajstić information content (AvgIpc) is 2.96. The van der Waals surface area contributed by atoms with Crippen LogP contribution in [-0.4, -0.2) is 14.5 Å². The number of fused-ring (bicyclic) bond motifs is 1. The van der Waals surface area contributed by atoms with Gasteiger partial charge in [0.1, 0.15) is 16.6 Å². The highest BCUT2D eigenvalue weighted by molar-refractivity contribution is 9.10. The monoisotopic (exact) mass is 373 g/mol. The van der Waals surface area contributed by atoms with Gasteiger partial charge in [-0.15, -0.1) is 22.9 Å². The van der Waals surface area contributed by atoms with E-state index in [1.54, 1.807) is 17.4 Å². The normalized spacial score (nSPS) is 11.4. The van der Waals surface area contributed by atoms with Gasteiger partial charge in [-0.05, 0) is 28.9 Å². The molecule has 0 amide bonds. The smallest absolute Gasteiger partial charge is 0.139 e. The number of aromatic nitrogens is 3. The second-order valence-corrected chi connectivity index (χ2v) is 6.81. The summed E-state index contributed by atoms with van der Waals surface area (Å²) in [6, 6.07) is 3.15. The molecule has 0 saturated heterocycles. The van der Waals surface area contributed by atoms with Gasteiger partial charge in [0, 0.05) is 17.1 Å². The highest BCUT2D eigenvalue weighted by atomic mass is 79.9. The molecule has 3 rings (SSSR count). The number of hydrogen-bond acceptors (Lipinski definition) is 3. The number of benzene rings is 1. The third-order valence-electron chi connectivity index (χ3n) is 2.95. The Hall–Kier alpha value is -0.980. The molecule has 20 heavy (non-hydrogen) atoms. The maximum atomic E-state index is 13.6. The molecule has 0 bridgehead atoms. The van der Waals surface area contributed by atoms with Crippen molar-refractivity contribution in [2.75, 3.05) is 0 Å². The van der Waals surface area contributed by atoms with Gasteiger partial charge in [-0.25, -0.2) is 14.4 Å². The number of halogens is 3. The first-order chi connectivity index (χ1) is 9.58. The molecule has 3 nitrogen and oxygen atoms in total. The summed E-state index contributed by atoms with van der Waals surface area (Å²) >= 11 is 10.8. The van der Waals surface area contributed by atoms with Gasteiger partial charge in [0.05, 0.1) is 27.9 Å². The molecule has 7 heteroatoms. The summed E-state index contributed by atoms with van der Waals surface area (Å²) in [4.78, 5) is 9.89. The van der Waals surface area contributed by atoms with Gasteiger partial charge in [-0.3, -0.25) is 0 Å². The van der Waals surface area contributed by atoms with Gasteiger partial charge >= 0.3 is 0 Å². The summed E-state index contributed by atoms with van der Waals surface area (Å²) in [5, 5.41) is 0.980. The Bertz CT molecular complexity index is 783. The fourth-order valence-electron chi connectivity index (χ4n) is 2.06. The molecule has 0 atom stereocenters. The molecule has 3 aromatic rings. The third-order valence-corrected chi connectivity index (χ3v) is 4.70. The minimum atomic E-state index is -0.326. The average molecular weight is 375 g/mol. The van der Waals surface area contributed by atoms with Gasteiger partial charge in [0.15, 0.2) is 0 Å². The molecular formula is C13H10BrClFN3S. The molecule has 0 spiro atoms. The first-order valence-electron chi connectivity index (χ1n) is 5.90. The minimum Gasteiger partial charge on any atom is -0.320 e. The zero-order valence-corrected chi connectivity index (χ0v) is 13.7. The topological polar surface area (TPSA) is 30.7 Å². The van der Waals surface area contributed by atoms with Crippen LogP contribution in [0.15, 0.2) is 22.8 Å². The predicted molar refractivity (Wildman–Crippen MR) is 82.9 cm³/mol. The van der Waals surface area contributed by atoms with Gasteiger partial charge in [0.2, 0.25) is 0 Å². The Kier molecular flexibility index (Phi) is 3.79. The molecule has 0 aliphatic heterocycles. The van der Waals surface area contributed by atoms with Crippen molar-refractivity contribution in [1.82, 2.24) is 14.5 Å². The van der Waals surface area contributed by atoms with E-state index in [-0.39, 0.29) is 11.7 Å². The van der Waals surface area contributed by atoms with Crippen molar-refractivity contribution in [3.05, 3.63) is 44.3 Å². The number of hydrogen-bond donors (Lipinski definition) is 0. The molecule has 0 radical (unpaired) electrons. The highest BCUT2D eigenvalue weighted by Gasteiger charge is 2.14. The molecule has 2 heterocycles. The van der Waals surface area contributed by atoms with E-state index >= 15 is 0 Å². The number of aryl methyl sites for hydroxylation is 1. The molecule has 0 fully saturated rings. The number of imidazole rings is 1. The lowest BCUT2D eigenvalue weighted by molar-refractivity contribution is 0.622. The van der Waals surface area contributed by atoms with E-state index in [9.17, 15) is 4.39 Å². The van der Waals surface area contributed by atoms with Gasteiger partial charge in [-0.1, -0.05) is 0 Å². The Morgan fingerprint density at radius 2 is 2.25 bits per heavy atom. The largest absolute Gasteiger partial charge is 0.320 e. The van der Waals surface area contributed by atoms with Crippen molar-refractivity contribution in [3.63, 3.8) is 0 Å². The summed E-state index contributed by atoms with van der Waals surface area (Å²) < 4.78 is 16.0. The standard InChI is InChI=1S/C13H10BrClFN3S/c1-7-5-17-13(20-7)6-19-11-2-8(14)9(16)3-10(11)18-12(19)4-15/h2-3,5H,4,6H2,1H3. The number of rotatable bonds is 3. The van der Waals surface area contributed by atoms with Crippen LogP contribution in [0.2, 0.25) is 0 Å². The Labute approximate surface area is 132 Å². The Morgan fingerprint density at radius 1 is 1.45 bits per heavy atom. The van der Waals surface area contributed by atoms with Crippen LogP contribution in [0.1, 0.15) is 15.7 Å². The van der Waals surface area contributed by atoms with E-state index in [1.165, 1.54) is 6.07 Å². The highest BCUT2D eigenvalue weighted by Crippen LogP contribution is 2.26. The first kappa shape index (κ1) is 14.0. The lowest BCUT2D eigenvalue weighted by Crippen LogP contribution is -2.03. The summed E-state index contributed by atoms with van der Waals surface area (Å²) in [6.45, 7) is 2.61. The van der Waals surface area contributed by atoms with Crippen molar-refractivity contribution < 1.29 is 4.39 Å². The fourth-order valence-corrected chi connectivity index (χ4v) is 3.37. The summed E-state index contributed by atoms with van der Waals surface area (Å²) in [6.07, 6.45) is 1.84. The fraction of sp³-hybridized carbons (Fsp3) is 0.231. The van der Waals surface area contributed by atoms with Crippen LogP contribution >= 0.6 is 38.9 Å². The first-order valence-corrected chi connectivity index (χ1v) is 8.04. The van der Waals surface area contributed by atoms with E-state index in [0.29, 0.717) is 22.4 Å². The maximum absolute atomic E-state index is 13.6. The Morgan fingerprint density at radius 3 is 2.90 bits per heavy atom. The summed E-state index contributed by atoms with van der Waals surface area (Å²) in [5.74, 6) is 0.665. The zero-order valence-electron chi connectivity index (χ0n) is 10.5. The van der Waals surface area contributed by atoms with Crippen LogP contribution in [0, 0.1) is 12.7 Å². The molecule has 104 valence electrons.